The predicted molar refractivity (Wildman–Crippen MR) is 117 cm³/mol. The molecule has 0 bridgehead atoms. The molecule has 0 aliphatic carbocycles. The van der Waals surface area contributed by atoms with Crippen molar-refractivity contribution in [2.45, 2.75) is 39.2 Å². The van der Waals surface area contributed by atoms with Crippen LogP contribution in [0.1, 0.15) is 39.2 Å². The van der Waals surface area contributed by atoms with Crippen LogP contribution in [0.5, 0.6) is 23.0 Å². The van der Waals surface area contributed by atoms with Crippen LogP contribution in [0, 0.1) is 0 Å². The highest BCUT2D eigenvalue weighted by Crippen LogP contribution is 2.43. The summed E-state index contributed by atoms with van der Waals surface area (Å²) in [5.74, 6) is 0.274. The summed E-state index contributed by atoms with van der Waals surface area (Å²) in [6.45, 7) is 6.08. The van der Waals surface area contributed by atoms with Crippen LogP contribution in [0.15, 0.2) is 45.1 Å². The number of rotatable bonds is 4. The smallest absolute Gasteiger partial charge is 0.208 e. The van der Waals surface area contributed by atoms with E-state index in [1.54, 1.807) is 12.1 Å². The lowest BCUT2D eigenvalue weighted by molar-refractivity contribution is 0.128. The van der Waals surface area contributed by atoms with Crippen LogP contribution >= 0.6 is 0 Å². The van der Waals surface area contributed by atoms with Crippen molar-refractivity contribution in [2.24, 2.45) is 0 Å². The summed E-state index contributed by atoms with van der Waals surface area (Å²) >= 11 is 0. The van der Waals surface area contributed by atoms with Gasteiger partial charge in [0.1, 0.15) is 39.2 Å². The summed E-state index contributed by atoms with van der Waals surface area (Å²) in [6, 6.07) is 4.49. The SMILES string of the molecule is COc1ccc(O)c2c(=O)c3c(O)c4c(cc3oc12)OC(C)(CCC=C(C)C)C=C4. The topological polar surface area (TPSA) is 89.1 Å². The molecule has 0 saturated carbocycles. The third kappa shape index (κ3) is 3.18. The van der Waals surface area contributed by atoms with Gasteiger partial charge in [0.25, 0.3) is 0 Å². The zero-order valence-electron chi connectivity index (χ0n) is 17.4. The van der Waals surface area contributed by atoms with E-state index in [1.807, 2.05) is 13.0 Å². The van der Waals surface area contributed by atoms with Crippen molar-refractivity contribution in [1.82, 2.24) is 0 Å². The van der Waals surface area contributed by atoms with E-state index >= 15 is 0 Å². The van der Waals surface area contributed by atoms with Crippen molar-refractivity contribution in [3.05, 3.63) is 51.7 Å². The maximum atomic E-state index is 13.1. The summed E-state index contributed by atoms with van der Waals surface area (Å²) in [7, 11) is 1.45. The fourth-order valence-electron chi connectivity index (χ4n) is 3.78. The Morgan fingerprint density at radius 3 is 2.70 bits per heavy atom. The second kappa shape index (κ2) is 7.13. The molecule has 156 valence electrons. The van der Waals surface area contributed by atoms with E-state index in [-0.39, 0.29) is 33.4 Å². The fourth-order valence-corrected chi connectivity index (χ4v) is 3.78. The van der Waals surface area contributed by atoms with Gasteiger partial charge in [-0.15, -0.1) is 0 Å². The molecule has 2 N–H and O–H groups in total. The van der Waals surface area contributed by atoms with Crippen LogP contribution in [-0.2, 0) is 0 Å². The molecule has 1 atom stereocenters. The Balaban J connectivity index is 1.90. The van der Waals surface area contributed by atoms with E-state index in [1.165, 1.54) is 24.8 Å². The second-order valence-electron chi connectivity index (χ2n) is 8.00. The molecule has 0 spiro atoms. The number of allylic oxidation sites excluding steroid dienone is 2. The standard InChI is InChI=1S/C24H24O6/c1-13(2)6-5-10-24(3)11-9-14-17(30-24)12-18-20(21(14)26)22(27)19-15(25)7-8-16(28-4)23(19)29-18/h6-9,11-12,25-26H,5,10H2,1-4H3. The molecule has 0 radical (unpaired) electrons. The van der Waals surface area contributed by atoms with Crippen LogP contribution in [0.3, 0.4) is 0 Å². The van der Waals surface area contributed by atoms with Crippen LogP contribution in [0.25, 0.3) is 28.0 Å². The maximum absolute atomic E-state index is 13.1. The molecule has 2 aromatic carbocycles. The minimum absolute atomic E-state index is 0.00815. The quantitative estimate of drug-likeness (QED) is 0.451. The molecule has 1 aliphatic rings. The highest BCUT2D eigenvalue weighted by atomic mass is 16.5. The first-order valence-electron chi connectivity index (χ1n) is 9.78. The van der Waals surface area contributed by atoms with E-state index in [4.69, 9.17) is 13.9 Å². The third-order valence-electron chi connectivity index (χ3n) is 5.39. The zero-order valence-corrected chi connectivity index (χ0v) is 17.4. The van der Waals surface area contributed by atoms with Gasteiger partial charge in [0.2, 0.25) is 5.43 Å². The number of aromatic hydroxyl groups is 2. The Morgan fingerprint density at radius 2 is 2.00 bits per heavy atom. The number of methoxy groups -OCH3 is 1. The number of benzene rings is 2. The average Bonchev–Trinajstić information content (AvgIpc) is 2.67. The molecule has 6 nitrogen and oxygen atoms in total. The number of fused-ring (bicyclic) bond motifs is 3. The molecular weight excluding hydrogens is 384 g/mol. The molecule has 30 heavy (non-hydrogen) atoms. The molecule has 1 aliphatic heterocycles. The summed E-state index contributed by atoms with van der Waals surface area (Å²) in [4.78, 5) is 13.1. The number of phenols is 2. The molecule has 2 heterocycles. The first-order valence-corrected chi connectivity index (χ1v) is 9.78. The Morgan fingerprint density at radius 1 is 1.23 bits per heavy atom. The first kappa shape index (κ1) is 19.9. The molecule has 0 saturated heterocycles. The number of ether oxygens (including phenoxy) is 2. The summed E-state index contributed by atoms with van der Waals surface area (Å²) in [5.41, 5.74) is 0.853. The second-order valence-corrected chi connectivity index (χ2v) is 8.00. The highest BCUT2D eigenvalue weighted by Gasteiger charge is 2.30. The molecule has 0 amide bonds. The summed E-state index contributed by atoms with van der Waals surface area (Å²) in [5, 5.41) is 21.0. The Hall–Kier alpha value is -3.41. The molecule has 3 aromatic rings. The van der Waals surface area contributed by atoms with Gasteiger partial charge in [-0.05, 0) is 57.9 Å². The molecule has 4 rings (SSSR count). The van der Waals surface area contributed by atoms with Gasteiger partial charge in [-0.25, -0.2) is 0 Å². The van der Waals surface area contributed by atoms with E-state index < -0.39 is 11.0 Å². The van der Waals surface area contributed by atoms with E-state index in [9.17, 15) is 15.0 Å². The van der Waals surface area contributed by atoms with Crippen LogP contribution < -0.4 is 14.9 Å². The Labute approximate surface area is 173 Å². The largest absolute Gasteiger partial charge is 0.507 e. The van der Waals surface area contributed by atoms with Crippen molar-refractivity contribution in [3.63, 3.8) is 0 Å². The lowest BCUT2D eigenvalue weighted by atomic mass is 9.93. The minimum Gasteiger partial charge on any atom is -0.507 e. The maximum Gasteiger partial charge on any atom is 0.208 e. The summed E-state index contributed by atoms with van der Waals surface area (Å²) < 4.78 is 17.4. The van der Waals surface area contributed by atoms with Crippen LogP contribution in [0.4, 0.5) is 0 Å². The number of phenolic OH excluding ortho intramolecular Hbond substituents is 2. The monoisotopic (exact) mass is 408 g/mol. The molecule has 0 fully saturated rings. The van der Waals surface area contributed by atoms with Gasteiger partial charge in [0, 0.05) is 6.07 Å². The Kier molecular flexibility index (Phi) is 4.73. The van der Waals surface area contributed by atoms with Crippen molar-refractivity contribution in [1.29, 1.82) is 0 Å². The van der Waals surface area contributed by atoms with Crippen molar-refractivity contribution in [2.75, 3.05) is 7.11 Å². The molecular formula is C24H24O6. The average molecular weight is 408 g/mol. The lowest BCUT2D eigenvalue weighted by Crippen LogP contribution is -2.31. The third-order valence-corrected chi connectivity index (χ3v) is 5.39. The highest BCUT2D eigenvalue weighted by molar-refractivity contribution is 6.00. The van der Waals surface area contributed by atoms with Crippen molar-refractivity contribution >= 4 is 28.0 Å². The van der Waals surface area contributed by atoms with Gasteiger partial charge in [-0.1, -0.05) is 11.6 Å². The molecule has 6 heteroatoms. The van der Waals surface area contributed by atoms with Crippen molar-refractivity contribution in [3.8, 4) is 23.0 Å². The van der Waals surface area contributed by atoms with E-state index in [2.05, 4.69) is 19.9 Å². The van der Waals surface area contributed by atoms with Gasteiger partial charge in [0.15, 0.2) is 11.3 Å². The van der Waals surface area contributed by atoms with Crippen LogP contribution in [0.2, 0.25) is 0 Å². The van der Waals surface area contributed by atoms with Gasteiger partial charge in [-0.2, -0.15) is 0 Å². The summed E-state index contributed by atoms with van der Waals surface area (Å²) in [6.07, 6.45) is 7.43. The van der Waals surface area contributed by atoms with E-state index in [0.717, 1.165) is 12.8 Å². The van der Waals surface area contributed by atoms with Gasteiger partial charge in [-0.3, -0.25) is 4.79 Å². The lowest BCUT2D eigenvalue weighted by Gasteiger charge is -2.32. The molecule has 1 unspecified atom stereocenters. The minimum atomic E-state index is -0.549. The number of hydrogen-bond donors (Lipinski definition) is 2. The van der Waals surface area contributed by atoms with Gasteiger partial charge < -0.3 is 24.1 Å². The first-order chi connectivity index (χ1) is 14.2. The Bertz CT molecular complexity index is 1280. The molecule has 1 aromatic heterocycles. The normalized spacial score (nSPS) is 17.6. The van der Waals surface area contributed by atoms with Gasteiger partial charge >= 0.3 is 0 Å². The fraction of sp³-hybridized carbons (Fsp3) is 0.292. The zero-order chi connectivity index (χ0) is 21.6. The van der Waals surface area contributed by atoms with Crippen LogP contribution in [-0.4, -0.2) is 22.9 Å². The van der Waals surface area contributed by atoms with Gasteiger partial charge in [0.05, 0.1) is 12.7 Å². The van der Waals surface area contributed by atoms with Crippen molar-refractivity contribution < 1.29 is 24.1 Å². The predicted octanol–water partition coefficient (Wildman–Crippen LogP) is 5.28. The van der Waals surface area contributed by atoms with E-state index in [0.29, 0.717) is 17.1 Å². The number of hydrogen-bond acceptors (Lipinski definition) is 6.